The van der Waals surface area contributed by atoms with Crippen LogP contribution in [0.1, 0.15) is 15.9 Å². The van der Waals surface area contributed by atoms with Crippen LogP contribution in [0, 0.1) is 6.92 Å². The van der Waals surface area contributed by atoms with Crippen LogP contribution in [0.5, 0.6) is 0 Å². The van der Waals surface area contributed by atoms with Gasteiger partial charge < -0.3 is 0 Å². The fraction of sp³-hybridized carbons (Fsp3) is 0.100. The summed E-state index contributed by atoms with van der Waals surface area (Å²) < 4.78 is 0. The van der Waals surface area contributed by atoms with Crippen LogP contribution in [-0.2, 0) is 0 Å². The number of allylic oxidation sites excluding steroid dienone is 1. The molecule has 1 rings (SSSR count). The van der Waals surface area contributed by atoms with E-state index in [-0.39, 0.29) is 5.78 Å². The summed E-state index contributed by atoms with van der Waals surface area (Å²) in [5, 5.41) is 0. The molecule has 0 N–H and O–H groups in total. The van der Waals surface area contributed by atoms with Gasteiger partial charge in [0.25, 0.3) is 0 Å². The molecular weight excluding hydrogens is 136 g/mol. The lowest BCUT2D eigenvalue weighted by Gasteiger charge is -1.98. The molecule has 0 saturated carbocycles. The Kier molecular flexibility index (Phi) is 2.21. The number of carbonyl (C=O) groups excluding carboxylic acids is 1. The quantitative estimate of drug-likeness (QED) is 0.462. The van der Waals surface area contributed by atoms with Gasteiger partial charge in [-0.25, -0.2) is 0 Å². The zero-order valence-corrected chi connectivity index (χ0v) is 6.50. The van der Waals surface area contributed by atoms with Crippen molar-refractivity contribution in [1.29, 1.82) is 0 Å². The van der Waals surface area contributed by atoms with Crippen LogP contribution in [0.15, 0.2) is 36.9 Å². The van der Waals surface area contributed by atoms with Crippen molar-refractivity contribution in [2.45, 2.75) is 6.92 Å². The van der Waals surface area contributed by atoms with E-state index < -0.39 is 0 Å². The summed E-state index contributed by atoms with van der Waals surface area (Å²) in [5.74, 6) is -0.0110. The summed E-state index contributed by atoms with van der Waals surface area (Å²) in [6.07, 6.45) is 1.34. The Bertz CT molecular complexity index is 287. The van der Waals surface area contributed by atoms with Crippen molar-refractivity contribution >= 4 is 5.78 Å². The maximum absolute atomic E-state index is 11.1. The predicted molar refractivity (Wildman–Crippen MR) is 45.7 cm³/mol. The molecular formula is C10H10O. The molecule has 56 valence electrons. The highest BCUT2D eigenvalue weighted by molar-refractivity contribution is 6.05. The summed E-state index contributed by atoms with van der Waals surface area (Å²) in [5.41, 5.74) is 1.74. The van der Waals surface area contributed by atoms with Gasteiger partial charge in [-0.05, 0) is 18.6 Å². The lowest BCUT2D eigenvalue weighted by Crippen LogP contribution is -1.95. The van der Waals surface area contributed by atoms with E-state index in [2.05, 4.69) is 6.58 Å². The van der Waals surface area contributed by atoms with Crippen molar-refractivity contribution in [3.8, 4) is 0 Å². The minimum atomic E-state index is -0.0110. The van der Waals surface area contributed by atoms with Gasteiger partial charge in [-0.15, -0.1) is 0 Å². The molecule has 11 heavy (non-hydrogen) atoms. The van der Waals surface area contributed by atoms with E-state index in [0.717, 1.165) is 11.1 Å². The first-order valence-electron chi connectivity index (χ1n) is 3.48. The first kappa shape index (κ1) is 7.73. The molecule has 0 fully saturated rings. The van der Waals surface area contributed by atoms with E-state index in [1.165, 1.54) is 6.08 Å². The summed E-state index contributed by atoms with van der Waals surface area (Å²) in [4.78, 5) is 11.1. The molecule has 0 amide bonds. The van der Waals surface area contributed by atoms with Crippen LogP contribution >= 0.6 is 0 Å². The molecule has 0 aliphatic heterocycles. The fourth-order valence-electron chi connectivity index (χ4n) is 0.959. The Morgan fingerprint density at radius 1 is 1.45 bits per heavy atom. The van der Waals surface area contributed by atoms with Gasteiger partial charge in [0.1, 0.15) is 0 Å². The zero-order chi connectivity index (χ0) is 8.27. The van der Waals surface area contributed by atoms with E-state index in [4.69, 9.17) is 0 Å². The van der Waals surface area contributed by atoms with Crippen molar-refractivity contribution in [2.24, 2.45) is 0 Å². The summed E-state index contributed by atoms with van der Waals surface area (Å²) >= 11 is 0. The zero-order valence-electron chi connectivity index (χ0n) is 6.50. The molecule has 1 nitrogen and oxygen atoms in total. The van der Waals surface area contributed by atoms with E-state index >= 15 is 0 Å². The van der Waals surface area contributed by atoms with Crippen LogP contribution in [0.4, 0.5) is 0 Å². The normalized spacial score (nSPS) is 9.18. The van der Waals surface area contributed by atoms with Crippen molar-refractivity contribution in [1.82, 2.24) is 0 Å². The van der Waals surface area contributed by atoms with E-state index in [1.807, 2.05) is 25.1 Å². The molecule has 0 radical (unpaired) electrons. The van der Waals surface area contributed by atoms with Gasteiger partial charge in [-0.3, -0.25) is 4.79 Å². The molecule has 1 heteroatoms. The minimum Gasteiger partial charge on any atom is -0.289 e. The Balaban J connectivity index is 3.13. The van der Waals surface area contributed by atoms with Crippen LogP contribution in [0.25, 0.3) is 0 Å². The topological polar surface area (TPSA) is 17.1 Å². The molecule has 1 aromatic carbocycles. The third-order valence-corrected chi connectivity index (χ3v) is 1.60. The average molecular weight is 146 g/mol. The van der Waals surface area contributed by atoms with Crippen molar-refractivity contribution in [3.05, 3.63) is 48.0 Å². The van der Waals surface area contributed by atoms with Crippen molar-refractivity contribution < 1.29 is 4.79 Å². The second-order valence-electron chi connectivity index (χ2n) is 2.38. The highest BCUT2D eigenvalue weighted by Gasteiger charge is 2.01. The van der Waals surface area contributed by atoms with Gasteiger partial charge in [0.15, 0.2) is 5.78 Å². The third kappa shape index (κ3) is 1.55. The van der Waals surface area contributed by atoms with Gasteiger partial charge in [0.05, 0.1) is 0 Å². The molecule has 0 spiro atoms. The van der Waals surface area contributed by atoms with Crippen LogP contribution < -0.4 is 0 Å². The molecule has 0 aliphatic rings. The SMILES string of the molecule is C=CC(=O)c1ccccc1C. The molecule has 0 saturated heterocycles. The maximum atomic E-state index is 11.1. The third-order valence-electron chi connectivity index (χ3n) is 1.60. The second-order valence-corrected chi connectivity index (χ2v) is 2.38. The minimum absolute atomic E-state index is 0.0110. The number of hydrogen-bond acceptors (Lipinski definition) is 1. The summed E-state index contributed by atoms with van der Waals surface area (Å²) in [7, 11) is 0. The molecule has 0 aromatic heterocycles. The molecule has 0 atom stereocenters. The van der Waals surface area contributed by atoms with Crippen LogP contribution in [-0.4, -0.2) is 5.78 Å². The second kappa shape index (κ2) is 3.15. The number of ketones is 1. The summed E-state index contributed by atoms with van der Waals surface area (Å²) in [6, 6.07) is 7.48. The van der Waals surface area contributed by atoms with E-state index in [0.29, 0.717) is 0 Å². The van der Waals surface area contributed by atoms with Gasteiger partial charge in [-0.1, -0.05) is 30.8 Å². The number of benzene rings is 1. The Hall–Kier alpha value is -1.37. The standard InChI is InChI=1S/C10H10O/c1-3-10(11)9-7-5-4-6-8(9)2/h3-7H,1H2,2H3. The number of aryl methyl sites for hydroxylation is 1. The van der Waals surface area contributed by atoms with Crippen molar-refractivity contribution in [2.75, 3.05) is 0 Å². The number of rotatable bonds is 2. The van der Waals surface area contributed by atoms with Gasteiger partial charge in [0, 0.05) is 5.56 Å². The maximum Gasteiger partial charge on any atom is 0.185 e. The van der Waals surface area contributed by atoms with Gasteiger partial charge >= 0.3 is 0 Å². The number of carbonyl (C=O) groups is 1. The molecule has 0 unspecified atom stereocenters. The molecule has 0 bridgehead atoms. The fourth-order valence-corrected chi connectivity index (χ4v) is 0.959. The van der Waals surface area contributed by atoms with Crippen molar-refractivity contribution in [3.63, 3.8) is 0 Å². The predicted octanol–water partition coefficient (Wildman–Crippen LogP) is 2.36. The number of hydrogen-bond donors (Lipinski definition) is 0. The average Bonchev–Trinajstić information content (AvgIpc) is 2.04. The molecule has 0 aliphatic carbocycles. The molecule has 1 aromatic rings. The van der Waals surface area contributed by atoms with Gasteiger partial charge in [0.2, 0.25) is 0 Å². The Morgan fingerprint density at radius 2 is 2.09 bits per heavy atom. The van der Waals surface area contributed by atoms with E-state index in [9.17, 15) is 4.79 Å². The first-order valence-corrected chi connectivity index (χ1v) is 3.48. The monoisotopic (exact) mass is 146 g/mol. The Morgan fingerprint density at radius 3 is 2.64 bits per heavy atom. The smallest absolute Gasteiger partial charge is 0.185 e. The Labute approximate surface area is 66.4 Å². The first-order chi connectivity index (χ1) is 5.25. The van der Waals surface area contributed by atoms with Crippen LogP contribution in [0.2, 0.25) is 0 Å². The largest absolute Gasteiger partial charge is 0.289 e. The molecule has 0 heterocycles. The van der Waals surface area contributed by atoms with E-state index in [1.54, 1.807) is 6.07 Å². The van der Waals surface area contributed by atoms with Crippen LogP contribution in [0.3, 0.4) is 0 Å². The lowest BCUT2D eigenvalue weighted by molar-refractivity contribution is 0.104. The van der Waals surface area contributed by atoms with Gasteiger partial charge in [-0.2, -0.15) is 0 Å². The highest BCUT2D eigenvalue weighted by Crippen LogP contribution is 2.07. The highest BCUT2D eigenvalue weighted by atomic mass is 16.1. The summed E-state index contributed by atoms with van der Waals surface area (Å²) in [6.45, 7) is 5.34. The lowest BCUT2D eigenvalue weighted by atomic mass is 10.1.